The molecule has 0 atom stereocenters. The van der Waals surface area contributed by atoms with Crippen molar-refractivity contribution in [3.8, 4) is 11.3 Å². The molecule has 1 nitrogen and oxygen atoms in total. The van der Waals surface area contributed by atoms with Crippen LogP contribution in [0.5, 0.6) is 0 Å². The minimum atomic E-state index is -0.665. The van der Waals surface area contributed by atoms with Crippen molar-refractivity contribution in [3.05, 3.63) is 42.6 Å². The molecule has 0 fully saturated rings. The molecule has 0 unspecified atom stereocenters. The number of benzene rings is 1. The van der Waals surface area contributed by atoms with Crippen LogP contribution in [0.25, 0.3) is 11.3 Å². The van der Waals surface area contributed by atoms with Crippen molar-refractivity contribution in [3.63, 3.8) is 0 Å². The van der Waals surface area contributed by atoms with Crippen molar-refractivity contribution in [2.24, 2.45) is 0 Å². The van der Waals surface area contributed by atoms with Crippen molar-refractivity contribution >= 4 is 24.2 Å². The fraction of sp³-hybridized carbons (Fsp3) is 0. The molecule has 0 radical (unpaired) electrons. The van der Waals surface area contributed by atoms with Gasteiger partial charge in [0.05, 0.1) is 0 Å². The second kappa shape index (κ2) is 2.70. The molecule has 0 spiro atoms. The summed E-state index contributed by atoms with van der Waals surface area (Å²) < 4.78 is 3.12. The normalized spacial score (nSPS) is 14.2. The standard InChI is InChI=1S/C11H9GeN/c1-2-5-9-8(4-1)11-10(12-9)6-3-7-13-11/h1-7H,12H2. The Labute approximate surface area is 83.3 Å². The first-order valence-corrected chi connectivity index (χ1v) is 7.44. The molecule has 0 N–H and O–H groups in total. The van der Waals surface area contributed by atoms with Crippen LogP contribution in [0.3, 0.4) is 0 Å². The van der Waals surface area contributed by atoms with Gasteiger partial charge in [-0.1, -0.05) is 0 Å². The van der Waals surface area contributed by atoms with Gasteiger partial charge in [-0.3, -0.25) is 0 Å². The van der Waals surface area contributed by atoms with E-state index < -0.39 is 15.4 Å². The summed E-state index contributed by atoms with van der Waals surface area (Å²) in [6.45, 7) is 0. The van der Waals surface area contributed by atoms with Gasteiger partial charge in [0.2, 0.25) is 0 Å². The van der Waals surface area contributed by atoms with E-state index in [1.54, 1.807) is 4.40 Å². The molecule has 1 aliphatic rings. The van der Waals surface area contributed by atoms with Crippen molar-refractivity contribution in [1.29, 1.82) is 0 Å². The Morgan fingerprint density at radius 3 is 2.77 bits per heavy atom. The molecule has 1 aromatic carbocycles. The fourth-order valence-electron chi connectivity index (χ4n) is 1.93. The van der Waals surface area contributed by atoms with Gasteiger partial charge in [-0.15, -0.1) is 0 Å². The van der Waals surface area contributed by atoms with Crippen LogP contribution in [-0.2, 0) is 0 Å². The second-order valence-electron chi connectivity index (χ2n) is 3.35. The van der Waals surface area contributed by atoms with Crippen LogP contribution < -0.4 is 8.79 Å². The molecular formula is C11H9GeN. The number of pyridine rings is 1. The molecule has 1 aromatic heterocycles. The van der Waals surface area contributed by atoms with E-state index >= 15 is 0 Å². The van der Waals surface area contributed by atoms with Crippen molar-refractivity contribution in [1.82, 2.24) is 4.98 Å². The molecule has 3 rings (SSSR count). The summed E-state index contributed by atoms with van der Waals surface area (Å²) >= 11 is -0.665. The molecule has 0 bridgehead atoms. The van der Waals surface area contributed by atoms with E-state index in [2.05, 4.69) is 41.4 Å². The van der Waals surface area contributed by atoms with E-state index in [0.29, 0.717) is 0 Å². The first-order chi connectivity index (χ1) is 6.45. The van der Waals surface area contributed by atoms with Crippen LogP contribution >= 0.6 is 0 Å². The van der Waals surface area contributed by atoms with E-state index in [0.717, 1.165) is 0 Å². The zero-order chi connectivity index (χ0) is 8.67. The van der Waals surface area contributed by atoms with E-state index in [9.17, 15) is 0 Å². The predicted molar refractivity (Wildman–Crippen MR) is 57.5 cm³/mol. The molecule has 0 saturated carbocycles. The summed E-state index contributed by atoms with van der Waals surface area (Å²) in [4.78, 5) is 4.45. The van der Waals surface area contributed by atoms with Gasteiger partial charge < -0.3 is 0 Å². The topological polar surface area (TPSA) is 12.9 Å². The third-order valence-corrected chi connectivity index (χ3v) is 6.63. The monoisotopic (exact) mass is 229 g/mol. The van der Waals surface area contributed by atoms with Gasteiger partial charge in [-0.25, -0.2) is 0 Å². The third-order valence-electron chi connectivity index (χ3n) is 2.54. The molecule has 0 amide bonds. The van der Waals surface area contributed by atoms with E-state index in [-0.39, 0.29) is 0 Å². The van der Waals surface area contributed by atoms with Gasteiger partial charge in [0, 0.05) is 0 Å². The molecule has 2 aromatic rings. The quantitative estimate of drug-likeness (QED) is 0.500. The Bertz CT molecular complexity index is 422. The Kier molecular flexibility index (Phi) is 1.52. The summed E-state index contributed by atoms with van der Waals surface area (Å²) in [7, 11) is 0. The van der Waals surface area contributed by atoms with Gasteiger partial charge >= 0.3 is 83.1 Å². The fourth-order valence-corrected chi connectivity index (χ4v) is 5.80. The van der Waals surface area contributed by atoms with Crippen LogP contribution in [0, 0.1) is 0 Å². The minimum absolute atomic E-state index is 0.665. The number of nitrogens with zero attached hydrogens (tertiary/aromatic N) is 1. The summed E-state index contributed by atoms with van der Waals surface area (Å²) in [5, 5.41) is 0. The van der Waals surface area contributed by atoms with Crippen LogP contribution in [0.4, 0.5) is 0 Å². The number of aromatic nitrogens is 1. The molecular weight excluding hydrogens is 219 g/mol. The second-order valence-corrected chi connectivity index (χ2v) is 7.28. The average Bonchev–Trinajstić information content (AvgIpc) is 2.56. The van der Waals surface area contributed by atoms with Crippen LogP contribution in [0.15, 0.2) is 42.6 Å². The zero-order valence-electron chi connectivity index (χ0n) is 7.20. The van der Waals surface area contributed by atoms with Gasteiger partial charge in [-0.05, 0) is 0 Å². The third kappa shape index (κ3) is 1.04. The maximum atomic E-state index is 4.45. The Morgan fingerprint density at radius 1 is 0.923 bits per heavy atom. The SMILES string of the molecule is c1ccc2[c](c1)[GeH2][c]1cccnc1-2. The van der Waals surface area contributed by atoms with Crippen LogP contribution in [0.2, 0.25) is 0 Å². The number of rotatable bonds is 0. The van der Waals surface area contributed by atoms with Gasteiger partial charge in [0.1, 0.15) is 0 Å². The van der Waals surface area contributed by atoms with Crippen LogP contribution in [-0.4, -0.2) is 20.4 Å². The predicted octanol–water partition coefficient (Wildman–Crippen LogP) is 0.182. The van der Waals surface area contributed by atoms with E-state index in [1.807, 2.05) is 6.20 Å². The van der Waals surface area contributed by atoms with Gasteiger partial charge in [-0.2, -0.15) is 0 Å². The molecule has 2 heterocycles. The van der Waals surface area contributed by atoms with Crippen molar-refractivity contribution in [2.75, 3.05) is 0 Å². The molecule has 0 aliphatic carbocycles. The summed E-state index contributed by atoms with van der Waals surface area (Å²) in [6, 6.07) is 13.0. The molecule has 0 saturated heterocycles. The Hall–Kier alpha value is -1.09. The van der Waals surface area contributed by atoms with Crippen molar-refractivity contribution < 1.29 is 0 Å². The Balaban J connectivity index is 2.32. The number of fused-ring (bicyclic) bond motifs is 3. The molecule has 2 heteroatoms. The molecule has 62 valence electrons. The first kappa shape index (κ1) is 7.33. The average molecular weight is 228 g/mol. The van der Waals surface area contributed by atoms with E-state index in [1.165, 1.54) is 15.7 Å². The number of hydrogen-bond acceptors (Lipinski definition) is 1. The molecule has 13 heavy (non-hydrogen) atoms. The van der Waals surface area contributed by atoms with E-state index in [4.69, 9.17) is 0 Å². The van der Waals surface area contributed by atoms with Gasteiger partial charge in [0.25, 0.3) is 0 Å². The van der Waals surface area contributed by atoms with Gasteiger partial charge in [0.15, 0.2) is 0 Å². The maximum absolute atomic E-state index is 4.45. The molecule has 1 aliphatic heterocycles. The first-order valence-electron chi connectivity index (χ1n) is 4.47. The summed E-state index contributed by atoms with van der Waals surface area (Å²) in [5.41, 5.74) is 2.64. The Morgan fingerprint density at radius 2 is 1.77 bits per heavy atom. The van der Waals surface area contributed by atoms with Crippen LogP contribution in [0.1, 0.15) is 0 Å². The number of hydrogen-bond donors (Lipinski definition) is 0. The summed E-state index contributed by atoms with van der Waals surface area (Å²) in [6.07, 6.45) is 1.89. The zero-order valence-corrected chi connectivity index (χ0v) is 10.2. The summed E-state index contributed by atoms with van der Waals surface area (Å²) in [5.74, 6) is 0. The van der Waals surface area contributed by atoms with Crippen molar-refractivity contribution in [2.45, 2.75) is 0 Å².